The van der Waals surface area contributed by atoms with Crippen LogP contribution in [0.25, 0.3) is 0 Å². The van der Waals surface area contributed by atoms with Gasteiger partial charge < -0.3 is 19.8 Å². The zero-order chi connectivity index (χ0) is 22.3. The van der Waals surface area contributed by atoms with E-state index in [1.54, 1.807) is 14.0 Å². The second-order valence-corrected chi connectivity index (χ2v) is 7.05. The van der Waals surface area contributed by atoms with Crippen molar-refractivity contribution in [2.24, 2.45) is 0 Å². The van der Waals surface area contributed by atoms with E-state index in [0.717, 1.165) is 24.4 Å². The van der Waals surface area contributed by atoms with Crippen LogP contribution in [0.2, 0.25) is 0 Å². The molecular formula is C23H33N3O4. The maximum atomic E-state index is 13.0. The molecule has 2 aromatic rings. The SMILES string of the molecule is CCc1[nH]c(C(=O)NCC(c2cccc(OC)c2)N(CC)CC)c(C)c1C(=O)OC. The van der Waals surface area contributed by atoms with E-state index in [9.17, 15) is 9.59 Å². The van der Waals surface area contributed by atoms with Gasteiger partial charge in [-0.15, -0.1) is 0 Å². The quantitative estimate of drug-likeness (QED) is 0.581. The van der Waals surface area contributed by atoms with Gasteiger partial charge in [0.05, 0.1) is 25.8 Å². The van der Waals surface area contributed by atoms with Gasteiger partial charge in [-0.05, 0) is 49.7 Å². The Morgan fingerprint density at radius 3 is 2.43 bits per heavy atom. The molecule has 1 atom stereocenters. The number of nitrogens with one attached hydrogen (secondary N) is 2. The van der Waals surface area contributed by atoms with Crippen molar-refractivity contribution in [3.05, 3.63) is 52.3 Å². The Balaban J connectivity index is 2.28. The number of likely N-dealkylation sites (N-methyl/N-ethyl adjacent to an activating group) is 1. The lowest BCUT2D eigenvalue weighted by molar-refractivity contribution is 0.0599. The summed E-state index contributed by atoms with van der Waals surface area (Å²) in [5, 5.41) is 3.04. The molecule has 7 nitrogen and oxygen atoms in total. The van der Waals surface area contributed by atoms with Crippen molar-refractivity contribution in [3.8, 4) is 5.75 Å². The third kappa shape index (κ3) is 5.02. The molecule has 0 fully saturated rings. The van der Waals surface area contributed by atoms with Gasteiger partial charge in [0.25, 0.3) is 5.91 Å². The lowest BCUT2D eigenvalue weighted by atomic mass is 10.0. The zero-order valence-electron chi connectivity index (χ0n) is 18.8. The highest BCUT2D eigenvalue weighted by molar-refractivity contribution is 6.00. The fourth-order valence-electron chi connectivity index (χ4n) is 3.78. The van der Waals surface area contributed by atoms with E-state index < -0.39 is 5.97 Å². The lowest BCUT2D eigenvalue weighted by Gasteiger charge is -2.30. The molecule has 30 heavy (non-hydrogen) atoms. The molecule has 0 bridgehead atoms. The van der Waals surface area contributed by atoms with Crippen molar-refractivity contribution < 1.29 is 19.1 Å². The Labute approximate surface area is 178 Å². The summed E-state index contributed by atoms with van der Waals surface area (Å²) in [7, 11) is 2.99. The Bertz CT molecular complexity index is 871. The third-order valence-corrected chi connectivity index (χ3v) is 5.49. The topological polar surface area (TPSA) is 83.7 Å². The Hall–Kier alpha value is -2.80. The number of ether oxygens (including phenoxy) is 2. The molecule has 0 aliphatic rings. The fourth-order valence-corrected chi connectivity index (χ4v) is 3.78. The number of aromatic nitrogens is 1. The fraction of sp³-hybridized carbons (Fsp3) is 0.478. The molecule has 7 heteroatoms. The van der Waals surface area contributed by atoms with Crippen LogP contribution >= 0.6 is 0 Å². The van der Waals surface area contributed by atoms with Crippen LogP contribution in [0.5, 0.6) is 5.75 Å². The standard InChI is InChI=1S/C23H33N3O4/c1-7-18-20(23(28)30-6)15(4)21(25-18)22(27)24-14-19(26(8-2)9-3)16-11-10-12-17(13-16)29-5/h10-13,19,25H,7-9,14H2,1-6H3,(H,24,27). The number of nitrogens with zero attached hydrogens (tertiary/aromatic N) is 1. The smallest absolute Gasteiger partial charge is 0.339 e. The average molecular weight is 416 g/mol. The van der Waals surface area contributed by atoms with Crippen molar-refractivity contribution in [1.82, 2.24) is 15.2 Å². The maximum absolute atomic E-state index is 13.0. The van der Waals surface area contributed by atoms with Gasteiger partial charge in [-0.25, -0.2) is 4.79 Å². The number of amides is 1. The molecule has 0 radical (unpaired) electrons. The van der Waals surface area contributed by atoms with Crippen molar-refractivity contribution in [3.63, 3.8) is 0 Å². The number of rotatable bonds is 10. The molecular weight excluding hydrogens is 382 g/mol. The number of benzene rings is 1. The largest absolute Gasteiger partial charge is 0.497 e. The zero-order valence-corrected chi connectivity index (χ0v) is 18.8. The van der Waals surface area contributed by atoms with Crippen LogP contribution in [0.3, 0.4) is 0 Å². The number of hydrogen-bond donors (Lipinski definition) is 2. The van der Waals surface area contributed by atoms with Gasteiger partial charge >= 0.3 is 5.97 Å². The van der Waals surface area contributed by atoms with E-state index >= 15 is 0 Å². The first kappa shape index (κ1) is 23.5. The number of hydrogen-bond acceptors (Lipinski definition) is 5. The monoisotopic (exact) mass is 415 g/mol. The summed E-state index contributed by atoms with van der Waals surface area (Å²) in [6.45, 7) is 10.0. The van der Waals surface area contributed by atoms with Crippen molar-refractivity contribution in [2.75, 3.05) is 33.9 Å². The molecule has 0 spiro atoms. The van der Waals surface area contributed by atoms with Gasteiger partial charge in [0.2, 0.25) is 0 Å². The average Bonchev–Trinajstić information content (AvgIpc) is 3.12. The molecule has 0 saturated heterocycles. The van der Waals surface area contributed by atoms with E-state index in [1.165, 1.54) is 7.11 Å². The van der Waals surface area contributed by atoms with E-state index in [-0.39, 0.29) is 11.9 Å². The minimum absolute atomic E-state index is 0.0000383. The normalized spacial score (nSPS) is 12.0. The predicted molar refractivity (Wildman–Crippen MR) is 117 cm³/mol. The Morgan fingerprint density at radius 2 is 1.87 bits per heavy atom. The second kappa shape index (κ2) is 10.8. The van der Waals surface area contributed by atoms with E-state index in [4.69, 9.17) is 9.47 Å². The van der Waals surface area contributed by atoms with Crippen LogP contribution in [0, 0.1) is 6.92 Å². The molecule has 0 aliphatic heterocycles. The summed E-state index contributed by atoms with van der Waals surface area (Å²) in [6.07, 6.45) is 0.602. The summed E-state index contributed by atoms with van der Waals surface area (Å²) in [4.78, 5) is 30.5. The number of methoxy groups -OCH3 is 2. The van der Waals surface area contributed by atoms with Crippen molar-refractivity contribution >= 4 is 11.9 Å². The minimum atomic E-state index is -0.433. The number of esters is 1. The lowest BCUT2D eigenvalue weighted by Crippen LogP contribution is -2.38. The molecule has 1 aromatic heterocycles. The van der Waals surface area contributed by atoms with Gasteiger partial charge in [0.15, 0.2) is 0 Å². The van der Waals surface area contributed by atoms with Crippen LogP contribution in [-0.4, -0.2) is 55.6 Å². The summed E-state index contributed by atoms with van der Waals surface area (Å²) >= 11 is 0. The Morgan fingerprint density at radius 1 is 1.17 bits per heavy atom. The van der Waals surface area contributed by atoms with Crippen molar-refractivity contribution in [2.45, 2.75) is 40.2 Å². The van der Waals surface area contributed by atoms with Gasteiger partial charge in [-0.2, -0.15) is 0 Å². The molecule has 0 saturated carbocycles. The molecule has 1 unspecified atom stereocenters. The number of carbonyl (C=O) groups excluding carboxylic acids is 2. The molecule has 1 heterocycles. The minimum Gasteiger partial charge on any atom is -0.497 e. The van der Waals surface area contributed by atoms with Gasteiger partial charge in [-0.3, -0.25) is 9.69 Å². The van der Waals surface area contributed by atoms with Gasteiger partial charge in [0, 0.05) is 12.2 Å². The highest BCUT2D eigenvalue weighted by Gasteiger charge is 2.25. The number of aromatic amines is 1. The Kier molecular flexibility index (Phi) is 8.47. The first-order valence-corrected chi connectivity index (χ1v) is 10.4. The van der Waals surface area contributed by atoms with Gasteiger partial charge in [-0.1, -0.05) is 32.9 Å². The predicted octanol–water partition coefficient (Wildman–Crippen LogP) is 3.49. The van der Waals surface area contributed by atoms with E-state index in [2.05, 4.69) is 29.0 Å². The molecule has 0 aliphatic carbocycles. The van der Waals surface area contributed by atoms with Crippen LogP contribution in [0.4, 0.5) is 0 Å². The molecule has 1 aromatic carbocycles. The van der Waals surface area contributed by atoms with Crippen LogP contribution in [0.1, 0.15) is 64.5 Å². The third-order valence-electron chi connectivity index (χ3n) is 5.49. The summed E-state index contributed by atoms with van der Waals surface area (Å²) in [5.41, 5.74) is 3.23. The summed E-state index contributed by atoms with van der Waals surface area (Å²) < 4.78 is 10.3. The first-order valence-electron chi connectivity index (χ1n) is 10.4. The number of aryl methyl sites for hydroxylation is 1. The van der Waals surface area contributed by atoms with Gasteiger partial charge in [0.1, 0.15) is 11.4 Å². The second-order valence-electron chi connectivity index (χ2n) is 7.05. The van der Waals surface area contributed by atoms with Crippen LogP contribution in [-0.2, 0) is 11.2 Å². The summed E-state index contributed by atoms with van der Waals surface area (Å²) in [6, 6.07) is 7.91. The first-order chi connectivity index (χ1) is 14.4. The molecule has 1 amide bonds. The highest BCUT2D eigenvalue weighted by Crippen LogP contribution is 2.25. The van der Waals surface area contributed by atoms with Crippen LogP contribution < -0.4 is 10.1 Å². The van der Waals surface area contributed by atoms with E-state index in [0.29, 0.717) is 35.5 Å². The summed E-state index contributed by atoms with van der Waals surface area (Å²) in [5.74, 6) is 0.112. The van der Waals surface area contributed by atoms with E-state index in [1.807, 2.05) is 31.2 Å². The molecule has 2 rings (SSSR count). The molecule has 2 N–H and O–H groups in total. The van der Waals surface area contributed by atoms with Crippen LogP contribution in [0.15, 0.2) is 24.3 Å². The number of H-pyrrole nitrogens is 1. The van der Waals surface area contributed by atoms with Crippen molar-refractivity contribution in [1.29, 1.82) is 0 Å². The number of carbonyl (C=O) groups is 2. The highest BCUT2D eigenvalue weighted by atomic mass is 16.5. The maximum Gasteiger partial charge on any atom is 0.339 e. The molecule has 164 valence electrons.